The van der Waals surface area contributed by atoms with Crippen molar-refractivity contribution in [2.45, 2.75) is 13.3 Å². The molecule has 1 fully saturated rings. The van der Waals surface area contributed by atoms with E-state index in [0.717, 1.165) is 10.0 Å². The van der Waals surface area contributed by atoms with Gasteiger partial charge in [-0.25, -0.2) is 0 Å². The van der Waals surface area contributed by atoms with Crippen LogP contribution in [0.5, 0.6) is 0 Å². The molecule has 1 saturated heterocycles. The van der Waals surface area contributed by atoms with Gasteiger partial charge in [0.2, 0.25) is 5.91 Å². The average molecular weight is 365 g/mol. The number of aryl methyl sites for hydroxylation is 1. The van der Waals surface area contributed by atoms with Gasteiger partial charge in [0.15, 0.2) is 0 Å². The van der Waals surface area contributed by atoms with Gasteiger partial charge in [0.05, 0.1) is 17.1 Å². The summed E-state index contributed by atoms with van der Waals surface area (Å²) in [7, 11) is -4.58. The van der Waals surface area contributed by atoms with Crippen LogP contribution < -0.4 is 10.6 Å². The SMILES string of the molecule is Cc1cc(N2CC(CS(=O)(=O)F)CC2=O)c(N)cc1Br. The van der Waals surface area contributed by atoms with E-state index in [1.807, 2.05) is 6.92 Å². The molecule has 20 heavy (non-hydrogen) atoms. The number of nitrogen functional groups attached to an aromatic ring is 1. The van der Waals surface area contributed by atoms with Crippen molar-refractivity contribution >= 4 is 43.4 Å². The molecule has 0 radical (unpaired) electrons. The lowest BCUT2D eigenvalue weighted by Crippen LogP contribution is -2.26. The first-order valence-electron chi connectivity index (χ1n) is 5.95. The van der Waals surface area contributed by atoms with Crippen molar-refractivity contribution in [3.63, 3.8) is 0 Å². The lowest BCUT2D eigenvalue weighted by molar-refractivity contribution is -0.117. The van der Waals surface area contributed by atoms with Gasteiger partial charge in [-0.1, -0.05) is 15.9 Å². The number of carbonyl (C=O) groups excluding carboxylic acids is 1. The standard InChI is InChI=1S/C12H14BrFN2O3S/c1-7-2-11(10(15)4-9(7)13)16-5-8(3-12(16)17)6-20(14,18)19/h2,4,8H,3,5-6,15H2,1H3. The maximum Gasteiger partial charge on any atom is 0.302 e. The van der Waals surface area contributed by atoms with Crippen LogP contribution in [-0.4, -0.2) is 26.6 Å². The van der Waals surface area contributed by atoms with Gasteiger partial charge in [0.1, 0.15) is 0 Å². The Hall–Kier alpha value is -1.15. The molecular formula is C12H14BrFN2O3S. The molecule has 0 bridgehead atoms. The molecule has 1 aliphatic rings. The van der Waals surface area contributed by atoms with E-state index in [0.29, 0.717) is 11.4 Å². The number of amides is 1. The highest BCUT2D eigenvalue weighted by atomic mass is 79.9. The Morgan fingerprint density at radius 3 is 2.75 bits per heavy atom. The summed E-state index contributed by atoms with van der Waals surface area (Å²) in [6.45, 7) is 2.02. The Morgan fingerprint density at radius 1 is 1.50 bits per heavy atom. The van der Waals surface area contributed by atoms with Gasteiger partial charge < -0.3 is 10.6 Å². The second-order valence-corrected chi connectivity index (χ2v) is 7.21. The normalized spacial score (nSPS) is 19.6. The predicted octanol–water partition coefficient (Wildman–Crippen LogP) is 1.99. The Kier molecular flexibility index (Phi) is 4.06. The summed E-state index contributed by atoms with van der Waals surface area (Å²) in [6, 6.07) is 3.45. The summed E-state index contributed by atoms with van der Waals surface area (Å²) < 4.78 is 34.9. The van der Waals surface area contributed by atoms with Crippen molar-refractivity contribution in [3.8, 4) is 0 Å². The molecule has 0 saturated carbocycles. The van der Waals surface area contributed by atoms with Crippen molar-refractivity contribution in [2.75, 3.05) is 22.9 Å². The summed E-state index contributed by atoms with van der Waals surface area (Å²) in [5.74, 6) is -1.42. The van der Waals surface area contributed by atoms with Gasteiger partial charge in [-0.2, -0.15) is 8.42 Å². The fraction of sp³-hybridized carbons (Fsp3) is 0.417. The van der Waals surface area contributed by atoms with Crippen LogP contribution in [0.3, 0.4) is 0 Å². The zero-order valence-corrected chi connectivity index (χ0v) is 13.2. The molecule has 1 aromatic carbocycles. The highest BCUT2D eigenvalue weighted by Gasteiger charge is 2.34. The zero-order chi connectivity index (χ0) is 15.1. The van der Waals surface area contributed by atoms with E-state index in [9.17, 15) is 17.1 Å². The minimum absolute atomic E-state index is 0.0116. The molecule has 0 spiro atoms. The van der Waals surface area contributed by atoms with Crippen LogP contribution in [0.1, 0.15) is 12.0 Å². The molecule has 1 unspecified atom stereocenters. The summed E-state index contributed by atoms with van der Waals surface area (Å²) >= 11 is 3.34. The van der Waals surface area contributed by atoms with Crippen molar-refractivity contribution in [3.05, 3.63) is 22.2 Å². The molecule has 5 nitrogen and oxygen atoms in total. The molecular weight excluding hydrogens is 351 g/mol. The molecule has 1 heterocycles. The highest BCUT2D eigenvalue weighted by molar-refractivity contribution is 9.10. The molecule has 1 aliphatic heterocycles. The van der Waals surface area contributed by atoms with Crippen LogP contribution in [0.25, 0.3) is 0 Å². The number of hydrogen-bond acceptors (Lipinski definition) is 4. The van der Waals surface area contributed by atoms with Crippen molar-refractivity contribution in [1.29, 1.82) is 0 Å². The maximum absolute atomic E-state index is 12.7. The zero-order valence-electron chi connectivity index (χ0n) is 10.8. The fourth-order valence-electron chi connectivity index (χ4n) is 2.32. The van der Waals surface area contributed by atoms with Crippen LogP contribution in [0.2, 0.25) is 0 Å². The molecule has 8 heteroatoms. The molecule has 1 aromatic rings. The first kappa shape index (κ1) is 15.2. The topological polar surface area (TPSA) is 80.5 Å². The largest absolute Gasteiger partial charge is 0.397 e. The minimum Gasteiger partial charge on any atom is -0.397 e. The van der Waals surface area contributed by atoms with Gasteiger partial charge in [0.25, 0.3) is 0 Å². The van der Waals surface area contributed by atoms with Gasteiger partial charge in [0, 0.05) is 23.4 Å². The van der Waals surface area contributed by atoms with Gasteiger partial charge in [-0.15, -0.1) is 3.89 Å². The van der Waals surface area contributed by atoms with Crippen molar-refractivity contribution < 1.29 is 17.1 Å². The number of halogens is 2. The lowest BCUT2D eigenvalue weighted by atomic mass is 10.1. The Balaban J connectivity index is 2.26. The molecule has 2 rings (SSSR count). The molecule has 0 aromatic heterocycles. The van der Waals surface area contributed by atoms with Gasteiger partial charge >= 0.3 is 10.2 Å². The van der Waals surface area contributed by atoms with E-state index in [1.54, 1.807) is 12.1 Å². The van der Waals surface area contributed by atoms with Crippen LogP contribution in [0.4, 0.5) is 15.3 Å². The molecule has 0 aliphatic carbocycles. The predicted molar refractivity (Wildman–Crippen MR) is 78.6 cm³/mol. The molecule has 1 amide bonds. The number of hydrogen-bond donors (Lipinski definition) is 1. The number of rotatable bonds is 3. The third-order valence-electron chi connectivity index (χ3n) is 3.24. The monoisotopic (exact) mass is 364 g/mol. The van der Waals surface area contributed by atoms with E-state index in [2.05, 4.69) is 15.9 Å². The van der Waals surface area contributed by atoms with E-state index in [-0.39, 0.29) is 18.9 Å². The van der Waals surface area contributed by atoms with Gasteiger partial charge in [-0.3, -0.25) is 4.79 Å². The maximum atomic E-state index is 12.7. The van der Waals surface area contributed by atoms with Crippen LogP contribution >= 0.6 is 15.9 Å². The lowest BCUT2D eigenvalue weighted by Gasteiger charge is -2.20. The quantitative estimate of drug-likeness (QED) is 0.656. The number of nitrogens with zero attached hydrogens (tertiary/aromatic N) is 1. The molecule has 1 atom stereocenters. The van der Waals surface area contributed by atoms with Crippen LogP contribution in [0, 0.1) is 12.8 Å². The summed E-state index contributed by atoms with van der Waals surface area (Å²) in [5, 5.41) is 0. The van der Waals surface area contributed by atoms with E-state index < -0.39 is 21.9 Å². The Morgan fingerprint density at radius 2 is 2.15 bits per heavy atom. The van der Waals surface area contributed by atoms with E-state index >= 15 is 0 Å². The summed E-state index contributed by atoms with van der Waals surface area (Å²) in [6.07, 6.45) is 0.0116. The highest BCUT2D eigenvalue weighted by Crippen LogP contribution is 2.34. The van der Waals surface area contributed by atoms with E-state index in [1.165, 1.54) is 4.90 Å². The average Bonchev–Trinajstić information content (AvgIpc) is 2.62. The third-order valence-corrected chi connectivity index (χ3v) is 4.96. The van der Waals surface area contributed by atoms with Crippen LogP contribution in [-0.2, 0) is 15.0 Å². The minimum atomic E-state index is -4.58. The fourth-order valence-corrected chi connectivity index (χ4v) is 3.47. The smallest absolute Gasteiger partial charge is 0.302 e. The number of benzene rings is 1. The summed E-state index contributed by atoms with van der Waals surface area (Å²) in [5.41, 5.74) is 7.75. The second kappa shape index (κ2) is 5.33. The molecule has 2 N–H and O–H groups in total. The van der Waals surface area contributed by atoms with Crippen LogP contribution in [0.15, 0.2) is 16.6 Å². The number of carbonyl (C=O) groups is 1. The summed E-state index contributed by atoms with van der Waals surface area (Å²) in [4.78, 5) is 13.4. The second-order valence-electron chi connectivity index (χ2n) is 4.94. The number of nitrogens with two attached hydrogens (primary N) is 1. The Bertz CT molecular complexity index is 663. The van der Waals surface area contributed by atoms with Crippen molar-refractivity contribution in [1.82, 2.24) is 0 Å². The Labute approximate surface area is 125 Å². The van der Waals surface area contributed by atoms with Gasteiger partial charge in [-0.05, 0) is 24.6 Å². The van der Waals surface area contributed by atoms with E-state index in [4.69, 9.17) is 5.73 Å². The first-order valence-corrected chi connectivity index (χ1v) is 8.30. The third kappa shape index (κ3) is 3.29. The molecule has 110 valence electrons. The number of anilines is 2. The van der Waals surface area contributed by atoms with Crippen molar-refractivity contribution in [2.24, 2.45) is 5.92 Å². The first-order chi connectivity index (χ1) is 9.17.